The molecule has 27 heavy (non-hydrogen) atoms. The van der Waals surface area contributed by atoms with Gasteiger partial charge in [-0.1, -0.05) is 17.3 Å². The molecule has 142 valence electrons. The summed E-state index contributed by atoms with van der Waals surface area (Å²) in [7, 11) is 0. The number of aryl methyl sites for hydroxylation is 1. The fourth-order valence-electron chi connectivity index (χ4n) is 2.86. The zero-order valence-corrected chi connectivity index (χ0v) is 15.6. The molecular formula is C19H19FN2O4S. The van der Waals surface area contributed by atoms with Gasteiger partial charge in [-0.25, -0.2) is 9.18 Å². The summed E-state index contributed by atoms with van der Waals surface area (Å²) in [5.41, 5.74) is 1.94. The molecule has 1 N–H and O–H groups in total. The monoisotopic (exact) mass is 390 g/mol. The molecule has 0 radical (unpaired) electrons. The first-order valence-corrected chi connectivity index (χ1v) is 9.42. The Morgan fingerprint density at radius 1 is 1.37 bits per heavy atom. The molecule has 1 amide bonds. The average molecular weight is 390 g/mol. The van der Waals surface area contributed by atoms with Crippen LogP contribution in [0.5, 0.6) is 0 Å². The largest absolute Gasteiger partial charge is 0.462 e. The van der Waals surface area contributed by atoms with Gasteiger partial charge in [0.25, 0.3) is 5.91 Å². The maximum Gasteiger partial charge on any atom is 0.341 e. The van der Waals surface area contributed by atoms with Crippen LogP contribution in [0.15, 0.2) is 29.4 Å². The highest BCUT2D eigenvalue weighted by molar-refractivity contribution is 7.17. The number of oxime groups is 1. The smallest absolute Gasteiger partial charge is 0.341 e. The third kappa shape index (κ3) is 4.71. The number of esters is 1. The molecule has 1 aliphatic carbocycles. The highest BCUT2D eigenvalue weighted by Crippen LogP contribution is 2.39. The van der Waals surface area contributed by atoms with Gasteiger partial charge in [0, 0.05) is 4.88 Å². The van der Waals surface area contributed by atoms with Crippen LogP contribution in [-0.2, 0) is 27.2 Å². The zero-order valence-electron chi connectivity index (χ0n) is 14.8. The minimum absolute atomic E-state index is 0.273. The molecule has 3 rings (SSSR count). The minimum atomic E-state index is -0.433. The molecule has 0 unspecified atom stereocenters. The van der Waals surface area contributed by atoms with E-state index in [4.69, 9.17) is 9.57 Å². The zero-order chi connectivity index (χ0) is 19.2. The summed E-state index contributed by atoms with van der Waals surface area (Å²) >= 11 is 1.40. The third-order valence-corrected chi connectivity index (χ3v) is 5.18. The van der Waals surface area contributed by atoms with Crippen LogP contribution in [0.3, 0.4) is 0 Å². The van der Waals surface area contributed by atoms with Crippen molar-refractivity contribution in [2.24, 2.45) is 5.16 Å². The second-order valence-corrected chi connectivity index (χ2v) is 7.00. The summed E-state index contributed by atoms with van der Waals surface area (Å²) in [6.07, 6.45) is 4.03. The van der Waals surface area contributed by atoms with E-state index in [1.165, 1.54) is 29.7 Å². The Balaban J connectivity index is 1.60. The van der Waals surface area contributed by atoms with Gasteiger partial charge in [0.15, 0.2) is 6.61 Å². The molecule has 1 aromatic carbocycles. The predicted octanol–water partition coefficient (Wildman–Crippen LogP) is 3.54. The molecule has 2 aromatic rings. The fraction of sp³-hybridized carbons (Fsp3) is 0.316. The van der Waals surface area contributed by atoms with Crippen LogP contribution in [0, 0.1) is 5.82 Å². The van der Waals surface area contributed by atoms with Gasteiger partial charge in [-0.3, -0.25) is 4.79 Å². The molecule has 1 heterocycles. The van der Waals surface area contributed by atoms with E-state index in [0.29, 0.717) is 16.1 Å². The molecule has 1 aromatic heterocycles. The predicted molar refractivity (Wildman–Crippen MR) is 101 cm³/mol. The lowest BCUT2D eigenvalue weighted by Gasteiger charge is -2.07. The second kappa shape index (κ2) is 8.77. The molecule has 0 aliphatic heterocycles. The number of thiophene rings is 1. The fourth-order valence-corrected chi connectivity index (χ4v) is 4.15. The number of ether oxygens (including phenoxy) is 1. The van der Waals surface area contributed by atoms with Crippen molar-refractivity contribution < 1.29 is 23.6 Å². The number of benzene rings is 1. The highest BCUT2D eigenvalue weighted by Gasteiger charge is 2.28. The van der Waals surface area contributed by atoms with E-state index >= 15 is 0 Å². The quantitative estimate of drug-likeness (QED) is 0.446. The lowest BCUT2D eigenvalue weighted by atomic mass is 10.1. The number of nitrogens with zero attached hydrogens (tertiary/aromatic N) is 1. The maximum absolute atomic E-state index is 13.1. The summed E-state index contributed by atoms with van der Waals surface area (Å²) in [4.78, 5) is 30.5. The van der Waals surface area contributed by atoms with Gasteiger partial charge < -0.3 is 14.9 Å². The van der Waals surface area contributed by atoms with E-state index in [0.717, 1.165) is 29.7 Å². The van der Waals surface area contributed by atoms with Gasteiger partial charge in [0.1, 0.15) is 10.8 Å². The third-order valence-electron chi connectivity index (χ3n) is 3.97. The van der Waals surface area contributed by atoms with Crippen molar-refractivity contribution in [1.29, 1.82) is 0 Å². The molecule has 8 heteroatoms. The Morgan fingerprint density at radius 3 is 3.00 bits per heavy atom. The van der Waals surface area contributed by atoms with Crippen LogP contribution in [0.2, 0.25) is 0 Å². The Kier molecular flexibility index (Phi) is 6.18. The standard InChI is InChI=1S/C19H19FN2O4S/c1-2-25-19(24)17-14-7-4-8-15(14)27-18(17)22-16(23)11-26-21-10-12-5-3-6-13(20)9-12/h3,5-6,9-10H,2,4,7-8,11H2,1H3,(H,22,23)/b21-10-. The molecule has 0 spiro atoms. The first-order valence-electron chi connectivity index (χ1n) is 8.61. The van der Waals surface area contributed by atoms with Gasteiger partial charge in [0.05, 0.1) is 18.4 Å². The van der Waals surface area contributed by atoms with Crippen molar-refractivity contribution >= 4 is 34.4 Å². The molecule has 0 saturated heterocycles. The van der Waals surface area contributed by atoms with Crippen LogP contribution in [-0.4, -0.2) is 31.3 Å². The first-order chi connectivity index (χ1) is 13.1. The molecule has 1 aliphatic rings. The SMILES string of the molecule is CCOC(=O)c1c(NC(=O)CO/N=C\c2cccc(F)c2)sc2c1CCC2. The molecule has 0 saturated carbocycles. The number of hydrogen-bond acceptors (Lipinski definition) is 6. The van der Waals surface area contributed by atoms with Crippen molar-refractivity contribution in [3.05, 3.63) is 51.7 Å². The number of rotatable bonds is 7. The van der Waals surface area contributed by atoms with E-state index in [1.807, 2.05) is 0 Å². The number of amides is 1. The summed E-state index contributed by atoms with van der Waals surface area (Å²) < 4.78 is 18.2. The van der Waals surface area contributed by atoms with Crippen LogP contribution < -0.4 is 5.32 Å². The summed E-state index contributed by atoms with van der Waals surface area (Å²) in [6.45, 7) is 1.69. The maximum atomic E-state index is 13.1. The van der Waals surface area contributed by atoms with Crippen LogP contribution in [0.4, 0.5) is 9.39 Å². The Labute approximate surface area is 160 Å². The average Bonchev–Trinajstić information content (AvgIpc) is 3.19. The lowest BCUT2D eigenvalue weighted by Crippen LogP contribution is -2.18. The summed E-state index contributed by atoms with van der Waals surface area (Å²) in [5.74, 6) is -1.23. The number of hydrogen-bond donors (Lipinski definition) is 1. The van der Waals surface area contributed by atoms with Crippen molar-refractivity contribution in [2.45, 2.75) is 26.2 Å². The lowest BCUT2D eigenvalue weighted by molar-refractivity contribution is -0.120. The molecule has 0 bridgehead atoms. The normalized spacial score (nSPS) is 12.8. The second-order valence-electron chi connectivity index (χ2n) is 5.89. The molecule has 0 atom stereocenters. The Hall–Kier alpha value is -2.74. The van der Waals surface area contributed by atoms with Crippen molar-refractivity contribution in [1.82, 2.24) is 0 Å². The van der Waals surface area contributed by atoms with Crippen LogP contribution in [0.1, 0.15) is 39.7 Å². The van der Waals surface area contributed by atoms with Crippen molar-refractivity contribution in [2.75, 3.05) is 18.5 Å². The van der Waals surface area contributed by atoms with E-state index in [2.05, 4.69) is 10.5 Å². The van der Waals surface area contributed by atoms with Gasteiger partial charge in [-0.15, -0.1) is 11.3 Å². The van der Waals surface area contributed by atoms with E-state index in [1.54, 1.807) is 19.1 Å². The van der Waals surface area contributed by atoms with Crippen molar-refractivity contribution in [3.63, 3.8) is 0 Å². The summed E-state index contributed by atoms with van der Waals surface area (Å²) in [6, 6.07) is 5.84. The van der Waals surface area contributed by atoms with E-state index in [9.17, 15) is 14.0 Å². The highest BCUT2D eigenvalue weighted by atomic mass is 32.1. The summed E-state index contributed by atoms with van der Waals surface area (Å²) in [5, 5.41) is 6.85. The number of anilines is 1. The number of carbonyl (C=O) groups excluding carboxylic acids is 2. The number of halogens is 1. The van der Waals surface area contributed by atoms with Crippen molar-refractivity contribution in [3.8, 4) is 0 Å². The molecule has 6 nitrogen and oxygen atoms in total. The minimum Gasteiger partial charge on any atom is -0.462 e. The van der Waals surface area contributed by atoms with Gasteiger partial charge in [0.2, 0.25) is 0 Å². The topological polar surface area (TPSA) is 77.0 Å². The first kappa shape index (κ1) is 19.0. The van der Waals surface area contributed by atoms with E-state index in [-0.39, 0.29) is 19.0 Å². The number of fused-ring (bicyclic) bond motifs is 1. The Morgan fingerprint density at radius 2 is 2.22 bits per heavy atom. The van der Waals surface area contributed by atoms with Gasteiger partial charge in [-0.2, -0.15) is 0 Å². The van der Waals surface area contributed by atoms with Gasteiger partial charge in [-0.05, 0) is 49.4 Å². The molecular weight excluding hydrogens is 371 g/mol. The van der Waals surface area contributed by atoms with Gasteiger partial charge >= 0.3 is 5.97 Å². The molecule has 0 fully saturated rings. The number of nitrogens with one attached hydrogen (secondary N) is 1. The number of carbonyl (C=O) groups is 2. The van der Waals surface area contributed by atoms with Crippen LogP contribution >= 0.6 is 11.3 Å². The Bertz CT molecular complexity index is 879. The van der Waals surface area contributed by atoms with E-state index < -0.39 is 11.9 Å². The van der Waals surface area contributed by atoms with Crippen LogP contribution in [0.25, 0.3) is 0 Å².